The van der Waals surface area contributed by atoms with Crippen LogP contribution >= 0.6 is 0 Å². The lowest BCUT2D eigenvalue weighted by atomic mass is 9.97. The van der Waals surface area contributed by atoms with Crippen LogP contribution in [-0.2, 0) is 14.3 Å². The molecule has 0 amide bonds. The van der Waals surface area contributed by atoms with E-state index in [1.54, 1.807) is 0 Å². The highest BCUT2D eigenvalue weighted by Crippen LogP contribution is 2.14. The largest absolute Gasteiger partial charge is 0.469 e. The Balaban J connectivity index is 3.48. The Kier molecular flexibility index (Phi) is 7.07. The number of hydrogen-bond acceptors (Lipinski definition) is 3. The lowest BCUT2D eigenvalue weighted by Crippen LogP contribution is -2.07. The zero-order chi connectivity index (χ0) is 11.0. The molecular formula is C11H20O3. The van der Waals surface area contributed by atoms with Gasteiger partial charge in [0.25, 0.3) is 0 Å². The Labute approximate surface area is 85.8 Å². The van der Waals surface area contributed by atoms with E-state index in [9.17, 15) is 9.59 Å². The molecule has 0 aliphatic rings. The highest BCUT2D eigenvalue weighted by molar-refractivity contribution is 5.69. The second kappa shape index (κ2) is 7.54. The first-order valence-electron chi connectivity index (χ1n) is 5.12. The van der Waals surface area contributed by atoms with Crippen LogP contribution < -0.4 is 0 Å². The van der Waals surface area contributed by atoms with Crippen molar-refractivity contribution in [1.82, 2.24) is 0 Å². The molecule has 0 aromatic rings. The fourth-order valence-corrected chi connectivity index (χ4v) is 1.33. The van der Waals surface area contributed by atoms with Gasteiger partial charge in [-0.3, -0.25) is 4.79 Å². The first kappa shape index (κ1) is 13.1. The number of ether oxygens (including phenoxy) is 1. The van der Waals surface area contributed by atoms with Crippen LogP contribution in [0.5, 0.6) is 0 Å². The summed E-state index contributed by atoms with van der Waals surface area (Å²) in [6.07, 6.45) is 4.34. The molecule has 0 aromatic heterocycles. The molecule has 0 aliphatic heterocycles. The number of carbonyl (C=O) groups excluding carboxylic acids is 2. The summed E-state index contributed by atoms with van der Waals surface area (Å²) in [5, 5.41) is 0. The van der Waals surface area contributed by atoms with Gasteiger partial charge in [-0.15, -0.1) is 0 Å². The first-order chi connectivity index (χ1) is 6.60. The SMILES string of the molecule is COC(=O)C[C@H](C)CCC[C@H](C)C=O. The number of aldehydes is 1. The minimum atomic E-state index is -0.152. The van der Waals surface area contributed by atoms with Crippen LogP contribution in [0.4, 0.5) is 0 Å². The van der Waals surface area contributed by atoms with E-state index < -0.39 is 0 Å². The molecule has 2 atom stereocenters. The second-order valence-corrected chi connectivity index (χ2v) is 3.93. The van der Waals surface area contributed by atoms with E-state index in [1.165, 1.54) is 7.11 Å². The highest BCUT2D eigenvalue weighted by atomic mass is 16.5. The Morgan fingerprint density at radius 2 is 2.00 bits per heavy atom. The number of rotatable bonds is 7. The minimum absolute atomic E-state index is 0.139. The molecule has 0 radical (unpaired) electrons. The molecule has 0 heterocycles. The van der Waals surface area contributed by atoms with Gasteiger partial charge in [-0.1, -0.05) is 26.7 Å². The number of esters is 1. The molecule has 3 heteroatoms. The van der Waals surface area contributed by atoms with Crippen molar-refractivity contribution in [2.75, 3.05) is 7.11 Å². The summed E-state index contributed by atoms with van der Waals surface area (Å²) in [7, 11) is 1.41. The third-order valence-corrected chi connectivity index (χ3v) is 2.33. The summed E-state index contributed by atoms with van der Waals surface area (Å²) < 4.78 is 4.57. The molecule has 0 bridgehead atoms. The predicted molar refractivity (Wildman–Crippen MR) is 54.9 cm³/mol. The zero-order valence-corrected chi connectivity index (χ0v) is 9.29. The molecule has 14 heavy (non-hydrogen) atoms. The van der Waals surface area contributed by atoms with E-state index in [-0.39, 0.29) is 11.9 Å². The van der Waals surface area contributed by atoms with Crippen molar-refractivity contribution in [3.05, 3.63) is 0 Å². The fourth-order valence-electron chi connectivity index (χ4n) is 1.33. The van der Waals surface area contributed by atoms with Gasteiger partial charge >= 0.3 is 5.97 Å². The van der Waals surface area contributed by atoms with Gasteiger partial charge in [0.15, 0.2) is 0 Å². The van der Waals surface area contributed by atoms with Crippen LogP contribution in [0.3, 0.4) is 0 Å². The molecule has 0 rings (SSSR count). The van der Waals surface area contributed by atoms with Crippen molar-refractivity contribution in [3.63, 3.8) is 0 Å². The molecule has 82 valence electrons. The van der Waals surface area contributed by atoms with Crippen molar-refractivity contribution in [1.29, 1.82) is 0 Å². The maximum Gasteiger partial charge on any atom is 0.305 e. The van der Waals surface area contributed by atoms with Crippen molar-refractivity contribution in [2.45, 2.75) is 39.5 Å². The third kappa shape index (κ3) is 6.63. The number of hydrogen-bond donors (Lipinski definition) is 0. The Morgan fingerprint density at radius 1 is 1.36 bits per heavy atom. The number of carbonyl (C=O) groups is 2. The fraction of sp³-hybridized carbons (Fsp3) is 0.818. The number of methoxy groups -OCH3 is 1. The lowest BCUT2D eigenvalue weighted by molar-refractivity contribution is -0.141. The average Bonchev–Trinajstić information content (AvgIpc) is 2.17. The highest BCUT2D eigenvalue weighted by Gasteiger charge is 2.09. The van der Waals surface area contributed by atoms with E-state index in [2.05, 4.69) is 4.74 Å². The summed E-state index contributed by atoms with van der Waals surface area (Å²) in [6, 6.07) is 0. The quantitative estimate of drug-likeness (QED) is 0.467. The Bertz CT molecular complexity index is 177. The smallest absolute Gasteiger partial charge is 0.305 e. The van der Waals surface area contributed by atoms with Crippen LogP contribution in [0.2, 0.25) is 0 Å². The van der Waals surface area contributed by atoms with Crippen LogP contribution in [0, 0.1) is 11.8 Å². The van der Waals surface area contributed by atoms with E-state index >= 15 is 0 Å². The van der Waals surface area contributed by atoms with Crippen LogP contribution in [0.25, 0.3) is 0 Å². The Hall–Kier alpha value is -0.860. The maximum absolute atomic E-state index is 10.9. The third-order valence-electron chi connectivity index (χ3n) is 2.33. The van der Waals surface area contributed by atoms with E-state index in [1.807, 2.05) is 13.8 Å². The van der Waals surface area contributed by atoms with Gasteiger partial charge in [0.2, 0.25) is 0 Å². The van der Waals surface area contributed by atoms with Gasteiger partial charge in [0, 0.05) is 12.3 Å². The zero-order valence-electron chi connectivity index (χ0n) is 9.29. The average molecular weight is 200 g/mol. The molecule has 0 N–H and O–H groups in total. The normalized spacial score (nSPS) is 14.5. The molecular weight excluding hydrogens is 180 g/mol. The van der Waals surface area contributed by atoms with Crippen LogP contribution in [-0.4, -0.2) is 19.4 Å². The van der Waals surface area contributed by atoms with Gasteiger partial charge < -0.3 is 9.53 Å². The van der Waals surface area contributed by atoms with Gasteiger partial charge in [0.1, 0.15) is 6.29 Å². The Morgan fingerprint density at radius 3 is 2.50 bits per heavy atom. The molecule has 0 fully saturated rings. The molecule has 0 spiro atoms. The van der Waals surface area contributed by atoms with E-state index in [0.29, 0.717) is 12.3 Å². The molecule has 0 saturated carbocycles. The summed E-state index contributed by atoms with van der Waals surface area (Å²) in [5.74, 6) is 0.336. The van der Waals surface area contributed by atoms with Crippen molar-refractivity contribution in [2.24, 2.45) is 11.8 Å². The minimum Gasteiger partial charge on any atom is -0.469 e. The molecule has 0 aromatic carbocycles. The van der Waals surface area contributed by atoms with E-state index in [0.717, 1.165) is 25.5 Å². The molecule has 3 nitrogen and oxygen atoms in total. The van der Waals surface area contributed by atoms with E-state index in [4.69, 9.17) is 0 Å². The predicted octanol–water partition coefficient (Wildman–Crippen LogP) is 2.19. The van der Waals surface area contributed by atoms with Crippen LogP contribution in [0.1, 0.15) is 39.5 Å². The summed E-state index contributed by atoms with van der Waals surface area (Å²) in [6.45, 7) is 3.94. The summed E-state index contributed by atoms with van der Waals surface area (Å²) in [5.41, 5.74) is 0. The van der Waals surface area contributed by atoms with Crippen molar-refractivity contribution in [3.8, 4) is 0 Å². The van der Waals surface area contributed by atoms with Gasteiger partial charge in [-0.25, -0.2) is 0 Å². The molecule has 0 unspecified atom stereocenters. The maximum atomic E-state index is 10.9. The molecule has 0 saturated heterocycles. The first-order valence-corrected chi connectivity index (χ1v) is 5.12. The van der Waals surface area contributed by atoms with Crippen molar-refractivity contribution < 1.29 is 14.3 Å². The van der Waals surface area contributed by atoms with Gasteiger partial charge in [0.05, 0.1) is 7.11 Å². The molecule has 0 aliphatic carbocycles. The second-order valence-electron chi connectivity index (χ2n) is 3.93. The lowest BCUT2D eigenvalue weighted by Gasteiger charge is -2.10. The van der Waals surface area contributed by atoms with Gasteiger partial charge in [-0.05, 0) is 12.3 Å². The monoisotopic (exact) mass is 200 g/mol. The van der Waals surface area contributed by atoms with Gasteiger partial charge in [-0.2, -0.15) is 0 Å². The van der Waals surface area contributed by atoms with Crippen LogP contribution in [0.15, 0.2) is 0 Å². The summed E-state index contributed by atoms with van der Waals surface area (Å²) in [4.78, 5) is 21.2. The van der Waals surface area contributed by atoms with Crippen molar-refractivity contribution >= 4 is 12.3 Å². The summed E-state index contributed by atoms with van der Waals surface area (Å²) >= 11 is 0. The topological polar surface area (TPSA) is 43.4 Å². The standard InChI is InChI=1S/C11H20O3/c1-9(7-11(13)14-3)5-4-6-10(2)8-12/h8-10H,4-7H2,1-3H3/t9-,10+/m1/s1.